The van der Waals surface area contributed by atoms with E-state index in [0.29, 0.717) is 28.7 Å². The van der Waals surface area contributed by atoms with Crippen LogP contribution in [-0.2, 0) is 11.3 Å². The van der Waals surface area contributed by atoms with Crippen LogP contribution in [0.25, 0.3) is 0 Å². The van der Waals surface area contributed by atoms with Crippen LogP contribution in [0, 0.1) is 0 Å². The number of morpholine rings is 1. The Kier molecular flexibility index (Phi) is 5.70. The largest absolute Gasteiger partial charge is 0.372 e. The molecule has 26 heavy (non-hydrogen) atoms. The van der Waals surface area contributed by atoms with Crippen LogP contribution in [-0.4, -0.2) is 40.7 Å². The number of hydrogen-bond donors (Lipinski definition) is 0. The van der Waals surface area contributed by atoms with E-state index < -0.39 is 0 Å². The molecule has 0 aliphatic carbocycles. The first-order valence-corrected chi connectivity index (χ1v) is 9.19. The molecule has 1 fully saturated rings. The lowest BCUT2D eigenvalue weighted by Crippen LogP contribution is -2.49. The monoisotopic (exact) mass is 394 g/mol. The van der Waals surface area contributed by atoms with Gasteiger partial charge >= 0.3 is 0 Å². The van der Waals surface area contributed by atoms with Crippen molar-refractivity contribution in [3.05, 3.63) is 68.1 Å². The normalized spacial score (nSPS) is 20.2. The number of benzene rings is 1. The molecular weight excluding hydrogens is 375 g/mol. The van der Waals surface area contributed by atoms with Crippen LogP contribution < -0.4 is 5.56 Å². The third-order valence-electron chi connectivity index (χ3n) is 4.35. The molecule has 7 heteroatoms. The zero-order chi connectivity index (χ0) is 18.8. The van der Waals surface area contributed by atoms with E-state index in [2.05, 4.69) is 0 Å². The van der Waals surface area contributed by atoms with Crippen molar-refractivity contribution in [2.45, 2.75) is 32.6 Å². The van der Waals surface area contributed by atoms with Gasteiger partial charge < -0.3 is 14.2 Å². The first-order valence-electron chi connectivity index (χ1n) is 8.44. The van der Waals surface area contributed by atoms with E-state index in [1.165, 1.54) is 4.57 Å². The van der Waals surface area contributed by atoms with Crippen LogP contribution in [0.15, 0.2) is 41.3 Å². The van der Waals surface area contributed by atoms with Gasteiger partial charge in [-0.25, -0.2) is 0 Å². The number of amides is 1. The van der Waals surface area contributed by atoms with E-state index in [0.717, 1.165) is 0 Å². The molecule has 5 nitrogen and oxygen atoms in total. The first-order chi connectivity index (χ1) is 12.4. The smallest absolute Gasteiger partial charge is 0.263 e. The summed E-state index contributed by atoms with van der Waals surface area (Å²) in [5.41, 5.74) is 0.424. The Hall–Kier alpha value is -1.82. The molecule has 1 aliphatic heterocycles. The standard InChI is InChI=1S/C19H20Cl2N2O3/c1-12-9-23(10-13(2)26-12)19(25)14-5-4-8-22(18(14)24)11-15-16(20)6-3-7-17(15)21/h3-8,12-13H,9-11H2,1-2H3/t12-,13-/m0/s1. The highest BCUT2D eigenvalue weighted by Gasteiger charge is 2.28. The van der Waals surface area contributed by atoms with E-state index in [1.807, 2.05) is 13.8 Å². The summed E-state index contributed by atoms with van der Waals surface area (Å²) in [6, 6.07) is 8.43. The van der Waals surface area contributed by atoms with E-state index in [-0.39, 0.29) is 35.8 Å². The molecule has 0 bridgehead atoms. The first kappa shape index (κ1) is 19.0. The van der Waals surface area contributed by atoms with Gasteiger partial charge in [0.15, 0.2) is 0 Å². The summed E-state index contributed by atoms with van der Waals surface area (Å²) in [5.74, 6) is -0.281. The molecule has 0 spiro atoms. The van der Waals surface area contributed by atoms with E-state index >= 15 is 0 Å². The Morgan fingerprint density at radius 2 is 1.73 bits per heavy atom. The molecule has 0 saturated carbocycles. The van der Waals surface area contributed by atoms with Crippen molar-refractivity contribution < 1.29 is 9.53 Å². The lowest BCUT2D eigenvalue weighted by atomic mass is 10.1. The second-order valence-electron chi connectivity index (χ2n) is 6.52. The Balaban J connectivity index is 1.90. The highest BCUT2D eigenvalue weighted by atomic mass is 35.5. The quantitative estimate of drug-likeness (QED) is 0.800. The zero-order valence-corrected chi connectivity index (χ0v) is 16.1. The molecule has 1 aromatic carbocycles. The number of rotatable bonds is 3. The van der Waals surface area contributed by atoms with Crippen molar-refractivity contribution >= 4 is 29.1 Å². The third-order valence-corrected chi connectivity index (χ3v) is 5.06. The Morgan fingerprint density at radius 3 is 2.35 bits per heavy atom. The van der Waals surface area contributed by atoms with Crippen molar-refractivity contribution in [3.8, 4) is 0 Å². The van der Waals surface area contributed by atoms with Crippen LogP contribution in [0.1, 0.15) is 29.8 Å². The maximum atomic E-state index is 12.9. The van der Waals surface area contributed by atoms with Crippen LogP contribution >= 0.6 is 23.2 Å². The predicted octanol–water partition coefficient (Wildman–Crippen LogP) is 3.45. The fraction of sp³-hybridized carbons (Fsp3) is 0.368. The van der Waals surface area contributed by atoms with Gasteiger partial charge in [0.2, 0.25) is 0 Å². The highest BCUT2D eigenvalue weighted by Crippen LogP contribution is 2.24. The van der Waals surface area contributed by atoms with Gasteiger partial charge in [-0.2, -0.15) is 0 Å². The summed E-state index contributed by atoms with van der Waals surface area (Å²) in [5, 5.41) is 0.967. The molecule has 0 unspecified atom stereocenters. The number of nitrogens with zero attached hydrogens (tertiary/aromatic N) is 2. The SMILES string of the molecule is C[C@H]1CN(C(=O)c2cccn(Cc3c(Cl)cccc3Cl)c2=O)C[C@H](C)O1. The summed E-state index contributed by atoms with van der Waals surface area (Å²) >= 11 is 12.4. The lowest BCUT2D eigenvalue weighted by Gasteiger charge is -2.35. The Morgan fingerprint density at radius 1 is 1.12 bits per heavy atom. The van der Waals surface area contributed by atoms with Crippen LogP contribution in [0.2, 0.25) is 10.0 Å². The van der Waals surface area contributed by atoms with Crippen molar-refractivity contribution in [3.63, 3.8) is 0 Å². The maximum absolute atomic E-state index is 12.9. The summed E-state index contributed by atoms with van der Waals surface area (Å²) in [6.45, 7) is 4.97. The number of aromatic nitrogens is 1. The molecule has 0 radical (unpaired) electrons. The van der Waals surface area contributed by atoms with Crippen LogP contribution in [0.5, 0.6) is 0 Å². The molecule has 138 valence electrons. The zero-order valence-electron chi connectivity index (χ0n) is 14.6. The van der Waals surface area contributed by atoms with Crippen molar-refractivity contribution in [2.24, 2.45) is 0 Å². The Bertz CT molecular complexity index is 851. The lowest BCUT2D eigenvalue weighted by molar-refractivity contribution is -0.0586. The summed E-state index contributed by atoms with van der Waals surface area (Å²) in [6.07, 6.45) is 1.51. The van der Waals surface area contributed by atoms with E-state index in [9.17, 15) is 9.59 Å². The number of ether oxygens (including phenoxy) is 1. The number of carbonyl (C=O) groups is 1. The van der Waals surface area contributed by atoms with Gasteiger partial charge in [0.1, 0.15) is 5.56 Å². The maximum Gasteiger partial charge on any atom is 0.263 e. The average molecular weight is 395 g/mol. The molecule has 2 atom stereocenters. The van der Waals surface area contributed by atoms with Crippen molar-refractivity contribution in [1.82, 2.24) is 9.47 Å². The molecule has 3 rings (SSSR count). The molecule has 1 amide bonds. The van der Waals surface area contributed by atoms with Crippen LogP contribution in [0.4, 0.5) is 0 Å². The van der Waals surface area contributed by atoms with E-state index in [4.69, 9.17) is 27.9 Å². The fourth-order valence-corrected chi connectivity index (χ4v) is 3.71. The molecule has 1 saturated heterocycles. The van der Waals surface area contributed by atoms with Crippen molar-refractivity contribution in [1.29, 1.82) is 0 Å². The van der Waals surface area contributed by atoms with Gasteiger partial charge in [0, 0.05) is 34.9 Å². The molecule has 1 aliphatic rings. The molecule has 1 aromatic heterocycles. The van der Waals surface area contributed by atoms with Gasteiger partial charge in [-0.05, 0) is 38.1 Å². The van der Waals surface area contributed by atoms with Gasteiger partial charge in [0.25, 0.3) is 11.5 Å². The molecular formula is C19H20Cl2N2O3. The number of pyridine rings is 1. The van der Waals surface area contributed by atoms with Gasteiger partial charge in [-0.1, -0.05) is 29.3 Å². The van der Waals surface area contributed by atoms with Gasteiger partial charge in [-0.15, -0.1) is 0 Å². The fourth-order valence-electron chi connectivity index (χ4n) is 3.19. The Labute approximate surface area is 162 Å². The molecule has 2 aromatic rings. The van der Waals surface area contributed by atoms with E-state index in [1.54, 1.807) is 41.4 Å². The number of halogens is 2. The second-order valence-corrected chi connectivity index (χ2v) is 7.34. The van der Waals surface area contributed by atoms with Gasteiger partial charge in [-0.3, -0.25) is 9.59 Å². The third kappa shape index (κ3) is 3.95. The molecule has 2 heterocycles. The summed E-state index contributed by atoms with van der Waals surface area (Å²) in [4.78, 5) is 27.4. The predicted molar refractivity (Wildman–Crippen MR) is 102 cm³/mol. The van der Waals surface area contributed by atoms with Crippen LogP contribution in [0.3, 0.4) is 0 Å². The second kappa shape index (κ2) is 7.82. The topological polar surface area (TPSA) is 51.5 Å². The molecule has 0 N–H and O–H groups in total. The minimum Gasteiger partial charge on any atom is -0.372 e. The summed E-state index contributed by atoms with van der Waals surface area (Å²) in [7, 11) is 0. The van der Waals surface area contributed by atoms with Crippen molar-refractivity contribution in [2.75, 3.05) is 13.1 Å². The minimum absolute atomic E-state index is 0.0597. The van der Waals surface area contributed by atoms with Gasteiger partial charge in [0.05, 0.1) is 18.8 Å². The average Bonchev–Trinajstić information content (AvgIpc) is 2.58. The minimum atomic E-state index is -0.361. The number of hydrogen-bond acceptors (Lipinski definition) is 3. The summed E-state index contributed by atoms with van der Waals surface area (Å²) < 4.78 is 7.11. The number of carbonyl (C=O) groups excluding carboxylic acids is 1. The highest BCUT2D eigenvalue weighted by molar-refractivity contribution is 6.35.